The highest BCUT2D eigenvalue weighted by molar-refractivity contribution is 5.93. The van der Waals surface area contributed by atoms with Crippen LogP contribution in [0.1, 0.15) is 28.5 Å². The average Bonchev–Trinajstić information content (AvgIpc) is 3.12. The first-order valence-corrected chi connectivity index (χ1v) is 11.2. The fraction of sp³-hybridized carbons (Fsp3) is 0.231. The number of esters is 1. The van der Waals surface area contributed by atoms with Crippen molar-refractivity contribution in [2.45, 2.75) is 27.3 Å². The van der Waals surface area contributed by atoms with Crippen LogP contribution in [0.4, 0.5) is 5.69 Å². The number of carbonyl (C=O) groups is 2. The van der Waals surface area contributed by atoms with Crippen LogP contribution < -0.4 is 16.6 Å². The van der Waals surface area contributed by atoms with E-state index in [0.717, 1.165) is 15.8 Å². The number of benzene rings is 2. The van der Waals surface area contributed by atoms with Crippen molar-refractivity contribution < 1.29 is 14.3 Å². The quantitative estimate of drug-likeness (QED) is 0.433. The van der Waals surface area contributed by atoms with Crippen molar-refractivity contribution in [1.29, 1.82) is 0 Å². The predicted octanol–water partition coefficient (Wildman–Crippen LogP) is 2.92. The van der Waals surface area contributed by atoms with Gasteiger partial charge < -0.3 is 14.6 Å². The van der Waals surface area contributed by atoms with Crippen molar-refractivity contribution in [2.75, 3.05) is 11.9 Å². The van der Waals surface area contributed by atoms with Crippen LogP contribution in [0.2, 0.25) is 0 Å². The van der Waals surface area contributed by atoms with Gasteiger partial charge in [-0.05, 0) is 68.8 Å². The van der Waals surface area contributed by atoms with Crippen LogP contribution in [0.25, 0.3) is 16.7 Å². The Labute approximate surface area is 201 Å². The van der Waals surface area contributed by atoms with E-state index in [4.69, 9.17) is 4.74 Å². The minimum Gasteiger partial charge on any atom is -0.462 e. The van der Waals surface area contributed by atoms with E-state index in [1.165, 1.54) is 4.57 Å². The molecule has 1 N–H and O–H groups in total. The van der Waals surface area contributed by atoms with Crippen LogP contribution in [-0.4, -0.2) is 32.2 Å². The number of anilines is 1. The van der Waals surface area contributed by atoms with Crippen molar-refractivity contribution >= 4 is 28.6 Å². The summed E-state index contributed by atoms with van der Waals surface area (Å²) in [6.07, 6.45) is 0. The summed E-state index contributed by atoms with van der Waals surface area (Å²) in [7, 11) is 1.75. The van der Waals surface area contributed by atoms with E-state index in [-0.39, 0.29) is 13.2 Å². The molecule has 0 radical (unpaired) electrons. The summed E-state index contributed by atoms with van der Waals surface area (Å²) >= 11 is 0. The third kappa shape index (κ3) is 4.52. The molecule has 0 aliphatic heterocycles. The van der Waals surface area contributed by atoms with Gasteiger partial charge in [0.15, 0.2) is 0 Å². The Bertz CT molecular complexity index is 1560. The molecule has 180 valence electrons. The number of nitrogens with zero attached hydrogens (tertiary/aromatic N) is 3. The number of aryl methyl sites for hydroxylation is 3. The molecule has 0 aliphatic rings. The largest absolute Gasteiger partial charge is 0.462 e. The molecule has 0 fully saturated rings. The predicted molar refractivity (Wildman–Crippen MR) is 133 cm³/mol. The van der Waals surface area contributed by atoms with Crippen molar-refractivity contribution in [1.82, 2.24) is 13.7 Å². The van der Waals surface area contributed by atoms with Crippen molar-refractivity contribution in [3.05, 3.63) is 92.3 Å². The number of rotatable bonds is 6. The molecule has 0 saturated heterocycles. The molecule has 35 heavy (non-hydrogen) atoms. The molecule has 2 aromatic heterocycles. The lowest BCUT2D eigenvalue weighted by Gasteiger charge is -2.13. The van der Waals surface area contributed by atoms with E-state index in [1.807, 2.05) is 19.9 Å². The van der Waals surface area contributed by atoms with Gasteiger partial charge in [0.1, 0.15) is 12.1 Å². The van der Waals surface area contributed by atoms with Gasteiger partial charge in [0.05, 0.1) is 23.4 Å². The fourth-order valence-corrected chi connectivity index (χ4v) is 3.98. The van der Waals surface area contributed by atoms with Crippen LogP contribution >= 0.6 is 0 Å². The highest BCUT2D eigenvalue weighted by atomic mass is 16.5. The highest BCUT2D eigenvalue weighted by Crippen LogP contribution is 2.16. The SMILES string of the molecule is CCOC(=O)c1ccc(NC(=O)Cn2c(=O)n(-c3cccc(C)c3)c(=O)c3c2cc(C)n3C)cc1. The third-order valence-corrected chi connectivity index (χ3v) is 5.81. The maximum atomic E-state index is 13.5. The molecule has 4 rings (SSSR count). The maximum absolute atomic E-state index is 13.5. The van der Waals surface area contributed by atoms with Gasteiger partial charge in [0.2, 0.25) is 5.91 Å². The summed E-state index contributed by atoms with van der Waals surface area (Å²) in [6, 6.07) is 15.1. The molecular formula is C26H26N4O5. The number of hydrogen-bond donors (Lipinski definition) is 1. The summed E-state index contributed by atoms with van der Waals surface area (Å²) in [5.74, 6) is -0.898. The molecule has 9 nitrogen and oxygen atoms in total. The number of amides is 1. The summed E-state index contributed by atoms with van der Waals surface area (Å²) in [5.41, 5.74) is 2.60. The Morgan fingerprint density at radius 2 is 1.71 bits per heavy atom. The molecule has 1 amide bonds. The van der Waals surface area contributed by atoms with Crippen molar-refractivity contribution in [2.24, 2.45) is 7.05 Å². The molecule has 4 aromatic rings. The zero-order chi connectivity index (χ0) is 25.3. The van der Waals surface area contributed by atoms with E-state index in [0.29, 0.717) is 28.0 Å². The number of ether oxygens (including phenoxy) is 1. The molecule has 0 aliphatic carbocycles. The number of hydrogen-bond acceptors (Lipinski definition) is 5. The molecular weight excluding hydrogens is 448 g/mol. The van der Waals surface area contributed by atoms with Crippen LogP contribution in [0.5, 0.6) is 0 Å². The first kappa shape index (κ1) is 23.7. The van der Waals surface area contributed by atoms with Gasteiger partial charge in [-0.1, -0.05) is 12.1 Å². The Balaban J connectivity index is 1.73. The second kappa shape index (κ2) is 9.46. The number of aromatic nitrogens is 3. The van der Waals surface area contributed by atoms with E-state index in [1.54, 1.807) is 67.1 Å². The Kier molecular flexibility index (Phi) is 6.42. The van der Waals surface area contributed by atoms with Crippen molar-refractivity contribution in [3.63, 3.8) is 0 Å². The summed E-state index contributed by atoms with van der Waals surface area (Å²) in [6.45, 7) is 5.39. The summed E-state index contributed by atoms with van der Waals surface area (Å²) in [4.78, 5) is 51.6. The zero-order valence-electron chi connectivity index (χ0n) is 20.0. The molecule has 0 bridgehead atoms. The Morgan fingerprint density at radius 3 is 2.37 bits per heavy atom. The minimum atomic E-state index is -0.605. The van der Waals surface area contributed by atoms with E-state index < -0.39 is 23.1 Å². The number of carbonyl (C=O) groups excluding carboxylic acids is 2. The zero-order valence-corrected chi connectivity index (χ0v) is 20.0. The van der Waals surface area contributed by atoms with Gasteiger partial charge in [0.25, 0.3) is 5.56 Å². The standard InChI is InChI=1S/C26H26N4O5/c1-5-35-25(33)18-9-11-19(12-10-18)27-22(31)15-29-21-14-17(3)28(4)23(21)24(32)30(26(29)34)20-8-6-7-16(2)13-20/h6-14H,5,15H2,1-4H3,(H,27,31). The molecule has 2 heterocycles. The monoisotopic (exact) mass is 474 g/mol. The first-order chi connectivity index (χ1) is 16.7. The topological polar surface area (TPSA) is 104 Å². The van der Waals surface area contributed by atoms with Gasteiger partial charge in [-0.3, -0.25) is 14.2 Å². The van der Waals surface area contributed by atoms with Crippen LogP contribution in [-0.2, 0) is 23.1 Å². The summed E-state index contributed by atoms with van der Waals surface area (Å²) in [5, 5.41) is 2.74. The fourth-order valence-electron chi connectivity index (χ4n) is 3.98. The van der Waals surface area contributed by atoms with E-state index in [9.17, 15) is 19.2 Å². The van der Waals surface area contributed by atoms with Crippen LogP contribution in [0.3, 0.4) is 0 Å². The first-order valence-electron chi connectivity index (χ1n) is 11.2. The molecule has 0 unspecified atom stereocenters. The minimum absolute atomic E-state index is 0.268. The van der Waals surface area contributed by atoms with Crippen LogP contribution in [0, 0.1) is 13.8 Å². The highest BCUT2D eigenvalue weighted by Gasteiger charge is 2.20. The smallest absolute Gasteiger partial charge is 0.338 e. The molecule has 0 atom stereocenters. The Hall–Kier alpha value is -4.40. The van der Waals surface area contributed by atoms with E-state index >= 15 is 0 Å². The number of nitrogens with one attached hydrogen (secondary N) is 1. The Morgan fingerprint density at radius 1 is 1.00 bits per heavy atom. The molecule has 9 heteroatoms. The normalized spacial score (nSPS) is 11.0. The van der Waals surface area contributed by atoms with Crippen LogP contribution in [0.15, 0.2) is 64.2 Å². The van der Waals surface area contributed by atoms with Gasteiger partial charge >= 0.3 is 11.7 Å². The molecule has 0 saturated carbocycles. The van der Waals surface area contributed by atoms with E-state index in [2.05, 4.69) is 5.32 Å². The maximum Gasteiger partial charge on any atom is 0.338 e. The lowest BCUT2D eigenvalue weighted by molar-refractivity contribution is -0.116. The lowest BCUT2D eigenvalue weighted by atomic mass is 10.2. The summed E-state index contributed by atoms with van der Waals surface area (Å²) < 4.78 is 9.07. The van der Waals surface area contributed by atoms with Gasteiger partial charge in [-0.2, -0.15) is 0 Å². The molecule has 2 aromatic carbocycles. The lowest BCUT2D eigenvalue weighted by Crippen LogP contribution is -2.41. The third-order valence-electron chi connectivity index (χ3n) is 5.81. The van der Waals surface area contributed by atoms with Gasteiger partial charge in [-0.25, -0.2) is 14.2 Å². The number of fused-ring (bicyclic) bond motifs is 1. The van der Waals surface area contributed by atoms with Gasteiger partial charge in [0, 0.05) is 18.4 Å². The second-order valence-electron chi connectivity index (χ2n) is 8.27. The van der Waals surface area contributed by atoms with Gasteiger partial charge in [-0.15, -0.1) is 0 Å². The van der Waals surface area contributed by atoms with Crippen molar-refractivity contribution in [3.8, 4) is 5.69 Å². The molecule has 0 spiro atoms. The average molecular weight is 475 g/mol. The second-order valence-corrected chi connectivity index (χ2v) is 8.27.